The monoisotopic (exact) mass is 334 g/mol. The normalized spacial score (nSPS) is 13.9. The summed E-state index contributed by atoms with van der Waals surface area (Å²) in [7, 11) is 0. The lowest BCUT2D eigenvalue weighted by Crippen LogP contribution is -1.95. The Morgan fingerprint density at radius 1 is 0.833 bits per heavy atom. The lowest BCUT2D eigenvalue weighted by Gasteiger charge is -2.10. The molecule has 0 bridgehead atoms. The van der Waals surface area contributed by atoms with Gasteiger partial charge in [-0.25, -0.2) is 0 Å². The second kappa shape index (κ2) is 18.6. The van der Waals surface area contributed by atoms with Crippen LogP contribution in [0, 0.1) is 18.3 Å². The fourth-order valence-corrected chi connectivity index (χ4v) is 3.15. The van der Waals surface area contributed by atoms with Crippen molar-refractivity contribution in [2.75, 3.05) is 0 Å². The summed E-state index contributed by atoms with van der Waals surface area (Å²) in [4.78, 5) is 0. The van der Waals surface area contributed by atoms with Crippen LogP contribution in [0.4, 0.5) is 0 Å². The molecule has 140 valence electrons. The van der Waals surface area contributed by atoms with Gasteiger partial charge in [0.05, 0.1) is 0 Å². The van der Waals surface area contributed by atoms with E-state index in [1.807, 2.05) is 6.08 Å². The first-order valence-electron chi connectivity index (χ1n) is 10.5. The lowest BCUT2D eigenvalue weighted by molar-refractivity contribution is 0.280. The second-order valence-electron chi connectivity index (χ2n) is 7.40. The number of aliphatic hydroxyl groups is 1. The SMILES string of the molecule is C#C[C@H](O)/C=C/CCCCCCCCCCCCC(C)CCCC. The summed E-state index contributed by atoms with van der Waals surface area (Å²) in [5, 5.41) is 9.17. The van der Waals surface area contributed by atoms with Gasteiger partial charge in [0, 0.05) is 0 Å². The Balaban J connectivity index is 3.15. The largest absolute Gasteiger partial charge is 0.377 e. The van der Waals surface area contributed by atoms with E-state index in [0.717, 1.165) is 12.3 Å². The maximum Gasteiger partial charge on any atom is 0.133 e. The number of hydrogen-bond donors (Lipinski definition) is 1. The first-order valence-corrected chi connectivity index (χ1v) is 10.5. The van der Waals surface area contributed by atoms with Crippen LogP contribution in [0.15, 0.2) is 12.2 Å². The van der Waals surface area contributed by atoms with Crippen LogP contribution in [0.5, 0.6) is 0 Å². The molecule has 0 radical (unpaired) electrons. The predicted molar refractivity (Wildman–Crippen MR) is 108 cm³/mol. The molecule has 0 heterocycles. The van der Waals surface area contributed by atoms with E-state index in [0.29, 0.717) is 0 Å². The van der Waals surface area contributed by atoms with Gasteiger partial charge in [-0.05, 0) is 24.8 Å². The van der Waals surface area contributed by atoms with Crippen molar-refractivity contribution in [2.45, 2.75) is 116 Å². The van der Waals surface area contributed by atoms with Gasteiger partial charge < -0.3 is 5.11 Å². The molecule has 0 fully saturated rings. The Labute approximate surface area is 152 Å². The summed E-state index contributed by atoms with van der Waals surface area (Å²) >= 11 is 0. The average Bonchev–Trinajstić information content (AvgIpc) is 2.59. The van der Waals surface area contributed by atoms with Gasteiger partial charge in [0.1, 0.15) is 6.10 Å². The van der Waals surface area contributed by atoms with Gasteiger partial charge in [-0.2, -0.15) is 0 Å². The Hall–Kier alpha value is -0.740. The van der Waals surface area contributed by atoms with E-state index in [-0.39, 0.29) is 0 Å². The summed E-state index contributed by atoms with van der Waals surface area (Å²) in [5.41, 5.74) is 0. The standard InChI is InChI=1S/C23H42O/c1-4-6-19-22(3)20-17-15-13-11-9-7-8-10-12-14-16-18-21-23(24)5-2/h2,18,21-24H,4,6-17,19-20H2,1,3H3/b21-18+/t22?,23-/m0/s1. The van der Waals surface area contributed by atoms with E-state index in [2.05, 4.69) is 19.8 Å². The topological polar surface area (TPSA) is 20.2 Å². The highest BCUT2D eigenvalue weighted by Gasteiger charge is 2.01. The Morgan fingerprint density at radius 2 is 1.33 bits per heavy atom. The third-order valence-electron chi connectivity index (χ3n) is 4.86. The molecule has 0 spiro atoms. The molecular formula is C23H42O. The summed E-state index contributed by atoms with van der Waals surface area (Å²) in [6.07, 6.45) is 28.6. The molecule has 0 aromatic heterocycles. The van der Waals surface area contributed by atoms with E-state index in [1.165, 1.54) is 89.9 Å². The molecule has 1 nitrogen and oxygen atoms in total. The van der Waals surface area contributed by atoms with E-state index in [1.54, 1.807) is 6.08 Å². The maximum absolute atomic E-state index is 9.17. The average molecular weight is 335 g/mol. The third kappa shape index (κ3) is 17.6. The van der Waals surface area contributed by atoms with Crippen molar-refractivity contribution in [3.05, 3.63) is 12.2 Å². The highest BCUT2D eigenvalue weighted by Crippen LogP contribution is 2.17. The van der Waals surface area contributed by atoms with Crippen LogP contribution < -0.4 is 0 Å². The van der Waals surface area contributed by atoms with E-state index < -0.39 is 6.10 Å². The van der Waals surface area contributed by atoms with Crippen LogP contribution in [0.25, 0.3) is 0 Å². The molecular weight excluding hydrogens is 292 g/mol. The minimum Gasteiger partial charge on any atom is -0.377 e. The third-order valence-corrected chi connectivity index (χ3v) is 4.86. The molecule has 1 N–H and O–H groups in total. The van der Waals surface area contributed by atoms with Crippen molar-refractivity contribution in [3.63, 3.8) is 0 Å². The van der Waals surface area contributed by atoms with Crippen molar-refractivity contribution in [3.8, 4) is 12.3 Å². The zero-order valence-corrected chi connectivity index (χ0v) is 16.4. The summed E-state index contributed by atoms with van der Waals surface area (Å²) in [5.74, 6) is 3.23. The van der Waals surface area contributed by atoms with Crippen molar-refractivity contribution in [1.29, 1.82) is 0 Å². The molecule has 0 aliphatic rings. The smallest absolute Gasteiger partial charge is 0.133 e. The zero-order valence-electron chi connectivity index (χ0n) is 16.4. The molecule has 0 aromatic carbocycles. The zero-order chi connectivity index (χ0) is 17.9. The van der Waals surface area contributed by atoms with Crippen LogP contribution >= 0.6 is 0 Å². The number of aliphatic hydroxyl groups excluding tert-OH is 1. The summed E-state index contributed by atoms with van der Waals surface area (Å²) in [6, 6.07) is 0. The van der Waals surface area contributed by atoms with Gasteiger partial charge in [-0.15, -0.1) is 6.42 Å². The molecule has 0 aromatic rings. The molecule has 0 amide bonds. The van der Waals surface area contributed by atoms with Crippen molar-refractivity contribution in [1.82, 2.24) is 0 Å². The Kier molecular flexibility index (Phi) is 18.0. The fourth-order valence-electron chi connectivity index (χ4n) is 3.15. The van der Waals surface area contributed by atoms with E-state index in [9.17, 15) is 5.11 Å². The van der Waals surface area contributed by atoms with E-state index in [4.69, 9.17) is 6.42 Å². The molecule has 1 heteroatoms. The van der Waals surface area contributed by atoms with Crippen LogP contribution in [-0.2, 0) is 0 Å². The molecule has 0 aliphatic carbocycles. The molecule has 0 rings (SSSR count). The van der Waals surface area contributed by atoms with Gasteiger partial charge in [0.2, 0.25) is 0 Å². The van der Waals surface area contributed by atoms with Crippen LogP contribution in [0.1, 0.15) is 110 Å². The minimum atomic E-state index is -0.704. The maximum atomic E-state index is 9.17. The first-order chi connectivity index (χ1) is 11.7. The predicted octanol–water partition coefficient (Wildman–Crippen LogP) is 7.04. The number of rotatable bonds is 17. The van der Waals surface area contributed by atoms with Crippen molar-refractivity contribution in [2.24, 2.45) is 5.92 Å². The van der Waals surface area contributed by atoms with E-state index >= 15 is 0 Å². The van der Waals surface area contributed by atoms with Gasteiger partial charge in [-0.1, -0.05) is 109 Å². The number of terminal acetylenes is 1. The first kappa shape index (κ1) is 23.3. The molecule has 1 unspecified atom stereocenters. The highest BCUT2D eigenvalue weighted by molar-refractivity contribution is 5.05. The molecule has 0 aliphatic heterocycles. The van der Waals surface area contributed by atoms with Gasteiger partial charge >= 0.3 is 0 Å². The van der Waals surface area contributed by atoms with Crippen LogP contribution in [-0.4, -0.2) is 11.2 Å². The van der Waals surface area contributed by atoms with Crippen LogP contribution in [0.3, 0.4) is 0 Å². The van der Waals surface area contributed by atoms with Crippen molar-refractivity contribution >= 4 is 0 Å². The number of allylic oxidation sites excluding steroid dienone is 1. The summed E-state index contributed by atoms with van der Waals surface area (Å²) in [6.45, 7) is 4.71. The second-order valence-corrected chi connectivity index (χ2v) is 7.40. The molecule has 0 saturated carbocycles. The Morgan fingerprint density at radius 3 is 1.88 bits per heavy atom. The molecule has 24 heavy (non-hydrogen) atoms. The van der Waals surface area contributed by atoms with Crippen molar-refractivity contribution < 1.29 is 5.11 Å². The Bertz CT molecular complexity index is 312. The van der Waals surface area contributed by atoms with Gasteiger partial charge in [0.25, 0.3) is 0 Å². The molecule has 0 saturated heterocycles. The van der Waals surface area contributed by atoms with Gasteiger partial charge in [-0.3, -0.25) is 0 Å². The number of unbranched alkanes of at least 4 members (excludes halogenated alkanes) is 11. The van der Waals surface area contributed by atoms with Crippen LogP contribution in [0.2, 0.25) is 0 Å². The highest BCUT2D eigenvalue weighted by atomic mass is 16.3. The quantitative estimate of drug-likeness (QED) is 0.172. The fraction of sp³-hybridized carbons (Fsp3) is 0.826. The minimum absolute atomic E-state index is 0.704. The summed E-state index contributed by atoms with van der Waals surface area (Å²) < 4.78 is 0. The van der Waals surface area contributed by atoms with Gasteiger partial charge in [0.15, 0.2) is 0 Å². The number of hydrogen-bond acceptors (Lipinski definition) is 1. The molecule has 2 atom stereocenters. The lowest BCUT2D eigenvalue weighted by atomic mass is 9.97.